The predicted octanol–water partition coefficient (Wildman–Crippen LogP) is 4.71. The van der Waals surface area contributed by atoms with Gasteiger partial charge in [0.15, 0.2) is 0 Å². The van der Waals surface area contributed by atoms with E-state index in [0.29, 0.717) is 10.2 Å². The topological polar surface area (TPSA) is 41.1 Å². The molecule has 21 heavy (non-hydrogen) atoms. The molecule has 0 radical (unpaired) electrons. The number of carbonyl (C=O) groups is 1. The second-order valence-electron chi connectivity index (χ2n) is 4.49. The van der Waals surface area contributed by atoms with E-state index >= 15 is 0 Å². The Morgan fingerprint density at radius 2 is 1.86 bits per heavy atom. The van der Waals surface area contributed by atoms with Crippen LogP contribution in [-0.4, -0.2) is 12.5 Å². The molecule has 0 aliphatic rings. The molecule has 0 bridgehead atoms. The highest BCUT2D eigenvalue weighted by Gasteiger charge is 2.07. The summed E-state index contributed by atoms with van der Waals surface area (Å²) in [5.74, 6) is -0.491. The second-order valence-corrected chi connectivity index (χ2v) is 6.26. The van der Waals surface area contributed by atoms with Gasteiger partial charge in [-0.15, -0.1) is 0 Å². The van der Waals surface area contributed by atoms with Gasteiger partial charge in [0.05, 0.1) is 11.0 Å². The second kappa shape index (κ2) is 7.04. The highest BCUT2D eigenvalue weighted by molar-refractivity contribution is 9.10. The van der Waals surface area contributed by atoms with Gasteiger partial charge in [-0.2, -0.15) is 0 Å². The van der Waals surface area contributed by atoms with Crippen molar-refractivity contribution >= 4 is 49.1 Å². The predicted molar refractivity (Wildman–Crippen MR) is 90.1 cm³/mol. The molecule has 110 valence electrons. The van der Waals surface area contributed by atoms with E-state index in [0.717, 1.165) is 15.7 Å². The lowest BCUT2D eigenvalue weighted by Gasteiger charge is -2.11. The van der Waals surface area contributed by atoms with Crippen molar-refractivity contribution in [1.29, 1.82) is 0 Å². The maximum atomic E-state index is 13.3. The third kappa shape index (κ3) is 4.54. The van der Waals surface area contributed by atoms with Crippen LogP contribution in [0.25, 0.3) is 0 Å². The number of amides is 1. The Morgan fingerprint density at radius 1 is 1.19 bits per heavy atom. The van der Waals surface area contributed by atoms with Crippen LogP contribution < -0.4 is 10.6 Å². The minimum atomic E-state index is -0.322. The Labute approximate surface area is 139 Å². The summed E-state index contributed by atoms with van der Waals surface area (Å²) < 4.78 is 14.6. The number of aryl methyl sites for hydroxylation is 1. The van der Waals surface area contributed by atoms with Crippen molar-refractivity contribution in [2.24, 2.45) is 0 Å². The summed E-state index contributed by atoms with van der Waals surface area (Å²) in [6.07, 6.45) is 0. The fraction of sp³-hybridized carbons (Fsp3) is 0.133. The number of carbonyl (C=O) groups excluding carboxylic acids is 1. The van der Waals surface area contributed by atoms with Gasteiger partial charge in [-0.05, 0) is 64.8 Å². The van der Waals surface area contributed by atoms with E-state index in [4.69, 9.17) is 0 Å². The summed E-state index contributed by atoms with van der Waals surface area (Å²) in [6, 6.07) is 10.4. The van der Waals surface area contributed by atoms with Crippen molar-refractivity contribution in [2.45, 2.75) is 6.92 Å². The molecule has 2 aromatic rings. The summed E-state index contributed by atoms with van der Waals surface area (Å²) in [6.45, 7) is 1.89. The van der Waals surface area contributed by atoms with Crippen LogP contribution in [0.3, 0.4) is 0 Å². The molecule has 2 N–H and O–H groups in total. The minimum Gasteiger partial charge on any atom is -0.376 e. The number of nitrogens with one attached hydrogen (secondary N) is 2. The van der Waals surface area contributed by atoms with Gasteiger partial charge in [-0.25, -0.2) is 4.39 Å². The van der Waals surface area contributed by atoms with Gasteiger partial charge in [0.2, 0.25) is 5.91 Å². The highest BCUT2D eigenvalue weighted by Crippen LogP contribution is 2.24. The molecule has 2 aromatic carbocycles. The maximum absolute atomic E-state index is 13.3. The van der Waals surface area contributed by atoms with Crippen LogP contribution in [0.2, 0.25) is 0 Å². The van der Waals surface area contributed by atoms with Gasteiger partial charge >= 0.3 is 0 Å². The number of anilines is 2. The monoisotopic (exact) mass is 414 g/mol. The minimum absolute atomic E-state index is 0.106. The van der Waals surface area contributed by atoms with Gasteiger partial charge in [-0.1, -0.05) is 15.9 Å². The molecular weight excluding hydrogens is 403 g/mol. The molecule has 0 aromatic heterocycles. The van der Waals surface area contributed by atoms with Crippen LogP contribution in [0.1, 0.15) is 5.56 Å². The smallest absolute Gasteiger partial charge is 0.243 e. The molecular formula is C15H13Br2FN2O. The Morgan fingerprint density at radius 3 is 2.52 bits per heavy atom. The van der Waals surface area contributed by atoms with Crippen LogP contribution in [0.4, 0.5) is 15.8 Å². The Balaban J connectivity index is 1.95. The van der Waals surface area contributed by atoms with Gasteiger partial charge in [0.25, 0.3) is 0 Å². The zero-order chi connectivity index (χ0) is 15.4. The maximum Gasteiger partial charge on any atom is 0.243 e. The van der Waals surface area contributed by atoms with Crippen LogP contribution in [0.15, 0.2) is 45.3 Å². The molecule has 3 nitrogen and oxygen atoms in total. The number of halogens is 3. The summed E-state index contributed by atoms with van der Waals surface area (Å²) in [5.41, 5.74) is 2.18. The molecule has 0 spiro atoms. The third-order valence-electron chi connectivity index (χ3n) is 2.83. The quantitative estimate of drug-likeness (QED) is 0.759. The summed E-state index contributed by atoms with van der Waals surface area (Å²) >= 11 is 6.46. The molecule has 0 saturated heterocycles. The number of hydrogen-bond donors (Lipinski definition) is 2. The number of benzene rings is 2. The fourth-order valence-electron chi connectivity index (χ4n) is 1.75. The van der Waals surface area contributed by atoms with E-state index in [1.807, 2.05) is 24.3 Å². The largest absolute Gasteiger partial charge is 0.376 e. The van der Waals surface area contributed by atoms with Crippen molar-refractivity contribution in [3.05, 3.63) is 56.7 Å². The van der Waals surface area contributed by atoms with Crippen LogP contribution >= 0.6 is 31.9 Å². The zero-order valence-corrected chi connectivity index (χ0v) is 14.4. The lowest BCUT2D eigenvalue weighted by molar-refractivity contribution is -0.114. The number of hydrogen-bond acceptors (Lipinski definition) is 2. The van der Waals surface area contributed by atoms with E-state index in [1.54, 1.807) is 13.0 Å². The first-order valence-corrected chi connectivity index (χ1v) is 7.79. The summed E-state index contributed by atoms with van der Waals surface area (Å²) in [5, 5.41) is 5.77. The molecule has 0 heterocycles. The summed E-state index contributed by atoms with van der Waals surface area (Å²) in [7, 11) is 0. The van der Waals surface area contributed by atoms with Crippen molar-refractivity contribution in [3.8, 4) is 0 Å². The molecule has 0 aliphatic heterocycles. The zero-order valence-electron chi connectivity index (χ0n) is 11.2. The van der Waals surface area contributed by atoms with E-state index < -0.39 is 0 Å². The first kappa shape index (κ1) is 16.0. The van der Waals surface area contributed by atoms with E-state index in [1.165, 1.54) is 6.07 Å². The van der Waals surface area contributed by atoms with Crippen molar-refractivity contribution in [1.82, 2.24) is 0 Å². The average molecular weight is 416 g/mol. The normalized spacial score (nSPS) is 10.3. The van der Waals surface area contributed by atoms with Crippen molar-refractivity contribution < 1.29 is 9.18 Å². The van der Waals surface area contributed by atoms with Gasteiger partial charge < -0.3 is 10.6 Å². The first-order chi connectivity index (χ1) is 9.95. The van der Waals surface area contributed by atoms with Gasteiger partial charge in [0, 0.05) is 15.8 Å². The highest BCUT2D eigenvalue weighted by atomic mass is 79.9. The molecule has 1 amide bonds. The van der Waals surface area contributed by atoms with Gasteiger partial charge in [0.1, 0.15) is 5.82 Å². The lowest BCUT2D eigenvalue weighted by atomic mass is 10.2. The molecule has 6 heteroatoms. The molecule has 2 rings (SSSR count). The SMILES string of the molecule is Cc1cc(F)c(Br)cc1NCC(=O)Nc1ccc(Br)cc1. The van der Waals surface area contributed by atoms with Crippen molar-refractivity contribution in [2.75, 3.05) is 17.2 Å². The number of rotatable bonds is 4. The Bertz CT molecular complexity index is 659. The summed E-state index contributed by atoms with van der Waals surface area (Å²) in [4.78, 5) is 11.9. The molecule has 0 aliphatic carbocycles. The Hall–Kier alpha value is -1.40. The van der Waals surface area contributed by atoms with E-state index in [2.05, 4.69) is 42.5 Å². The molecule has 0 atom stereocenters. The molecule has 0 saturated carbocycles. The molecule has 0 fully saturated rings. The lowest BCUT2D eigenvalue weighted by Crippen LogP contribution is -2.22. The third-order valence-corrected chi connectivity index (χ3v) is 3.97. The van der Waals surface area contributed by atoms with Crippen LogP contribution in [0.5, 0.6) is 0 Å². The Kier molecular flexibility index (Phi) is 5.36. The van der Waals surface area contributed by atoms with Crippen LogP contribution in [-0.2, 0) is 4.79 Å². The van der Waals surface area contributed by atoms with Crippen LogP contribution in [0, 0.1) is 12.7 Å². The van der Waals surface area contributed by atoms with E-state index in [9.17, 15) is 9.18 Å². The van der Waals surface area contributed by atoms with E-state index in [-0.39, 0.29) is 18.3 Å². The fourth-order valence-corrected chi connectivity index (χ4v) is 2.36. The molecule has 0 unspecified atom stereocenters. The first-order valence-electron chi connectivity index (χ1n) is 6.20. The van der Waals surface area contributed by atoms with Crippen molar-refractivity contribution in [3.63, 3.8) is 0 Å². The van der Waals surface area contributed by atoms with Gasteiger partial charge in [-0.3, -0.25) is 4.79 Å². The standard InChI is InChI=1S/C15H13Br2FN2O/c1-9-6-13(18)12(17)7-14(9)19-8-15(21)20-11-4-2-10(16)3-5-11/h2-7,19H,8H2,1H3,(H,20,21). The average Bonchev–Trinajstić information content (AvgIpc) is 2.44.